The number of carbonyl (C=O) groups is 1. The third kappa shape index (κ3) is 3.20. The van der Waals surface area contributed by atoms with Crippen molar-refractivity contribution in [1.82, 2.24) is 5.48 Å². The minimum atomic E-state index is -4.39. The second-order valence-corrected chi connectivity index (χ2v) is 6.27. The number of hydrogen-bond acceptors (Lipinski definition) is 4. The summed E-state index contributed by atoms with van der Waals surface area (Å²) in [5.41, 5.74) is 2.33. The van der Waals surface area contributed by atoms with Gasteiger partial charge in [-0.05, 0) is 47.8 Å². The van der Waals surface area contributed by atoms with E-state index < -0.39 is 17.6 Å². The van der Waals surface area contributed by atoms with Crippen molar-refractivity contribution in [2.45, 2.75) is 23.5 Å². The number of nitrogens with zero attached hydrogens (tertiary/aromatic N) is 1. The maximum atomic E-state index is 12.7. The zero-order valence-electron chi connectivity index (χ0n) is 12.2. The second-order valence-electron chi connectivity index (χ2n) is 5.25. The van der Waals surface area contributed by atoms with Gasteiger partial charge in [0.25, 0.3) is 0 Å². The van der Waals surface area contributed by atoms with E-state index >= 15 is 0 Å². The van der Waals surface area contributed by atoms with Gasteiger partial charge in [0.1, 0.15) is 0 Å². The highest BCUT2D eigenvalue weighted by Crippen LogP contribution is 2.48. The number of halogens is 3. The first kappa shape index (κ1) is 16.7. The molecule has 24 heavy (non-hydrogen) atoms. The molecule has 2 aromatic carbocycles. The number of benzene rings is 2. The molecule has 0 saturated heterocycles. The molecule has 8 heteroatoms. The number of alkyl halides is 3. The average molecular weight is 354 g/mol. The topological polar surface area (TPSA) is 52.6 Å². The monoisotopic (exact) mass is 354 g/mol. The highest BCUT2D eigenvalue weighted by molar-refractivity contribution is 8.01. The maximum absolute atomic E-state index is 12.7. The average Bonchev–Trinajstić information content (AvgIpc) is 2.93. The van der Waals surface area contributed by atoms with E-state index in [1.165, 1.54) is 24.1 Å². The summed E-state index contributed by atoms with van der Waals surface area (Å²) in [6.45, 7) is 0. The van der Waals surface area contributed by atoms with Crippen molar-refractivity contribution in [1.29, 1.82) is 0 Å². The van der Waals surface area contributed by atoms with Gasteiger partial charge in [0, 0.05) is 10.6 Å². The molecule has 3 rings (SSSR count). The van der Waals surface area contributed by atoms with Crippen LogP contribution in [0.4, 0.5) is 18.9 Å². The minimum absolute atomic E-state index is 0.0124. The highest BCUT2D eigenvalue weighted by atomic mass is 32.2. The lowest BCUT2D eigenvalue weighted by atomic mass is 10.0. The highest BCUT2D eigenvalue weighted by Gasteiger charge is 2.34. The van der Waals surface area contributed by atoms with Gasteiger partial charge < -0.3 is 4.31 Å². The lowest BCUT2D eigenvalue weighted by Crippen LogP contribution is -2.26. The Labute approximate surface area is 140 Å². The van der Waals surface area contributed by atoms with Crippen LogP contribution in [-0.2, 0) is 11.0 Å². The summed E-state index contributed by atoms with van der Waals surface area (Å²) in [7, 11) is 0. The summed E-state index contributed by atoms with van der Waals surface area (Å²) in [5.74, 6) is -0.561. The smallest absolute Gasteiger partial charge is 0.304 e. The Hall–Kier alpha value is -2.19. The van der Waals surface area contributed by atoms with Gasteiger partial charge >= 0.3 is 6.18 Å². The first-order chi connectivity index (χ1) is 11.4. The molecule has 1 aliphatic rings. The SMILES string of the molecule is O=C(CC1c2ccccc2SN1c1ccc(C(F)(F)F)cc1)NO. The largest absolute Gasteiger partial charge is 0.416 e. The van der Waals surface area contributed by atoms with Crippen LogP contribution in [0.15, 0.2) is 53.4 Å². The van der Waals surface area contributed by atoms with Crippen LogP contribution in [-0.4, -0.2) is 11.1 Å². The summed E-state index contributed by atoms with van der Waals surface area (Å²) in [6, 6.07) is 11.8. The summed E-state index contributed by atoms with van der Waals surface area (Å²) in [6.07, 6.45) is -4.41. The van der Waals surface area contributed by atoms with Crippen LogP contribution >= 0.6 is 11.9 Å². The van der Waals surface area contributed by atoms with Crippen molar-refractivity contribution < 1.29 is 23.2 Å². The molecule has 0 aromatic heterocycles. The van der Waals surface area contributed by atoms with Crippen LogP contribution in [0.3, 0.4) is 0 Å². The van der Waals surface area contributed by atoms with Gasteiger partial charge in [-0.2, -0.15) is 13.2 Å². The molecule has 0 aliphatic carbocycles. The van der Waals surface area contributed by atoms with Crippen LogP contribution in [0.2, 0.25) is 0 Å². The minimum Gasteiger partial charge on any atom is -0.304 e. The van der Waals surface area contributed by atoms with Crippen molar-refractivity contribution in [3.8, 4) is 0 Å². The Kier molecular flexibility index (Phi) is 4.42. The Balaban J connectivity index is 1.93. The Morgan fingerprint density at radius 2 is 1.83 bits per heavy atom. The summed E-state index contributed by atoms with van der Waals surface area (Å²) in [4.78, 5) is 12.5. The predicted molar refractivity (Wildman–Crippen MR) is 83.5 cm³/mol. The van der Waals surface area contributed by atoms with E-state index in [1.54, 1.807) is 9.79 Å². The van der Waals surface area contributed by atoms with Gasteiger partial charge in [-0.25, -0.2) is 5.48 Å². The summed E-state index contributed by atoms with van der Waals surface area (Å²) < 4.78 is 39.9. The van der Waals surface area contributed by atoms with Crippen molar-refractivity contribution >= 4 is 23.5 Å². The summed E-state index contributed by atoms with van der Waals surface area (Å²) >= 11 is 1.35. The van der Waals surface area contributed by atoms with Crippen LogP contribution in [0.5, 0.6) is 0 Å². The van der Waals surface area contributed by atoms with Crippen LogP contribution in [0, 0.1) is 0 Å². The zero-order chi connectivity index (χ0) is 17.3. The first-order valence-corrected chi connectivity index (χ1v) is 7.84. The lowest BCUT2D eigenvalue weighted by Gasteiger charge is -2.25. The van der Waals surface area contributed by atoms with Crippen molar-refractivity contribution in [3.05, 3.63) is 59.7 Å². The van der Waals surface area contributed by atoms with Gasteiger partial charge in [0.15, 0.2) is 0 Å². The van der Waals surface area contributed by atoms with Crippen LogP contribution in [0.25, 0.3) is 0 Å². The fourth-order valence-corrected chi connectivity index (χ4v) is 3.78. The molecule has 0 bridgehead atoms. The van der Waals surface area contributed by atoms with E-state index in [9.17, 15) is 18.0 Å². The molecular formula is C16H13F3N2O2S. The number of rotatable bonds is 3. The normalized spacial score (nSPS) is 16.8. The van der Waals surface area contributed by atoms with Gasteiger partial charge in [-0.1, -0.05) is 18.2 Å². The van der Waals surface area contributed by atoms with Crippen LogP contribution in [0.1, 0.15) is 23.6 Å². The number of amides is 1. The standard InChI is InChI=1S/C16H13F3N2O2S/c17-16(18,19)10-5-7-11(8-6-10)21-13(9-15(22)20-23)12-3-1-2-4-14(12)24-21/h1-8,13,23H,9H2,(H,20,22). The number of carbonyl (C=O) groups excluding carboxylic acids is 1. The molecule has 0 spiro atoms. The number of anilines is 1. The molecule has 1 unspecified atom stereocenters. The number of hydrogen-bond donors (Lipinski definition) is 2. The van der Waals surface area contributed by atoms with Gasteiger partial charge in [0.05, 0.1) is 18.0 Å². The second kappa shape index (κ2) is 6.37. The quantitative estimate of drug-likeness (QED) is 0.493. The molecule has 1 amide bonds. The number of nitrogens with one attached hydrogen (secondary N) is 1. The van der Waals surface area contributed by atoms with E-state index in [0.29, 0.717) is 5.69 Å². The third-order valence-electron chi connectivity index (χ3n) is 3.71. The van der Waals surface area contributed by atoms with E-state index in [1.807, 2.05) is 24.3 Å². The molecule has 1 aliphatic heterocycles. The molecule has 0 fully saturated rings. The van der Waals surface area contributed by atoms with E-state index in [-0.39, 0.29) is 12.5 Å². The van der Waals surface area contributed by atoms with Crippen molar-refractivity contribution in [2.24, 2.45) is 0 Å². The molecule has 2 aromatic rings. The Morgan fingerprint density at radius 1 is 1.17 bits per heavy atom. The third-order valence-corrected chi connectivity index (χ3v) is 4.94. The lowest BCUT2D eigenvalue weighted by molar-refractivity contribution is -0.137. The molecule has 2 N–H and O–H groups in total. The van der Waals surface area contributed by atoms with Gasteiger partial charge in [0.2, 0.25) is 5.91 Å². The predicted octanol–water partition coefficient (Wildman–Crippen LogP) is 4.17. The Bertz CT molecular complexity index is 750. The molecule has 4 nitrogen and oxygen atoms in total. The van der Waals surface area contributed by atoms with Gasteiger partial charge in [-0.3, -0.25) is 10.0 Å². The zero-order valence-corrected chi connectivity index (χ0v) is 13.1. The number of fused-ring (bicyclic) bond motifs is 1. The van der Waals surface area contributed by atoms with Crippen molar-refractivity contribution in [2.75, 3.05) is 4.31 Å². The van der Waals surface area contributed by atoms with Crippen LogP contribution < -0.4 is 9.79 Å². The maximum Gasteiger partial charge on any atom is 0.416 e. The van der Waals surface area contributed by atoms with E-state index in [0.717, 1.165) is 22.6 Å². The van der Waals surface area contributed by atoms with Gasteiger partial charge in [-0.15, -0.1) is 0 Å². The number of hydroxylamine groups is 1. The molecule has 1 heterocycles. The molecular weight excluding hydrogens is 341 g/mol. The van der Waals surface area contributed by atoms with Crippen molar-refractivity contribution in [3.63, 3.8) is 0 Å². The molecule has 0 radical (unpaired) electrons. The first-order valence-electron chi connectivity index (χ1n) is 7.06. The fourth-order valence-electron chi connectivity index (χ4n) is 2.58. The molecule has 126 valence electrons. The van der Waals surface area contributed by atoms with E-state index in [4.69, 9.17) is 5.21 Å². The Morgan fingerprint density at radius 3 is 2.46 bits per heavy atom. The fraction of sp³-hybridized carbons (Fsp3) is 0.188. The molecule has 0 saturated carbocycles. The van der Waals surface area contributed by atoms with E-state index in [2.05, 4.69) is 0 Å². The molecule has 1 atom stereocenters. The summed E-state index contributed by atoms with van der Waals surface area (Å²) in [5, 5.41) is 8.78.